The number of hydrogen-bond donors (Lipinski definition) is 0. The maximum absolute atomic E-state index is 4.24. The zero-order valence-electron chi connectivity index (χ0n) is 7.32. The van der Waals surface area contributed by atoms with Crippen molar-refractivity contribution >= 4 is 17.1 Å². The Labute approximate surface area is 81.6 Å². The molecule has 2 heteroatoms. The highest BCUT2D eigenvalue weighted by Gasteiger charge is 2.01. The summed E-state index contributed by atoms with van der Waals surface area (Å²) in [5.41, 5.74) is 5.33. The van der Waals surface area contributed by atoms with Gasteiger partial charge in [-0.1, -0.05) is 18.2 Å². The van der Waals surface area contributed by atoms with Crippen LogP contribution in [0.2, 0.25) is 0 Å². The maximum atomic E-state index is 4.24. The Morgan fingerprint density at radius 1 is 1.38 bits per heavy atom. The molecule has 0 saturated heterocycles. The van der Waals surface area contributed by atoms with Crippen LogP contribution in [-0.4, -0.2) is 4.37 Å². The molecule has 0 radical (unpaired) electrons. The molecule has 0 fully saturated rings. The highest BCUT2D eigenvalue weighted by molar-refractivity contribution is 7.07. The minimum Gasteiger partial charge on any atom is -0.197 e. The molecule has 1 aliphatic rings. The first-order valence-electron chi connectivity index (χ1n) is 4.09. The third kappa shape index (κ3) is 1.86. The van der Waals surface area contributed by atoms with Crippen molar-refractivity contribution in [2.24, 2.45) is 0 Å². The van der Waals surface area contributed by atoms with Crippen LogP contribution < -0.4 is 0 Å². The molecular formula is C11H9NS. The van der Waals surface area contributed by atoms with Gasteiger partial charge in [0.25, 0.3) is 0 Å². The van der Waals surface area contributed by atoms with Crippen molar-refractivity contribution < 1.29 is 0 Å². The fourth-order valence-electron chi connectivity index (χ4n) is 1.11. The second kappa shape index (κ2) is 3.56. The predicted molar refractivity (Wildman–Crippen MR) is 56.6 cm³/mol. The van der Waals surface area contributed by atoms with E-state index in [9.17, 15) is 0 Å². The molecule has 0 amide bonds. The Hall–Kier alpha value is -1.37. The second-order valence-corrected chi connectivity index (χ2v) is 3.62. The van der Waals surface area contributed by atoms with Gasteiger partial charge in [-0.15, -0.1) is 5.73 Å². The lowest BCUT2D eigenvalue weighted by molar-refractivity contribution is 1.35. The van der Waals surface area contributed by atoms with Crippen LogP contribution in [0.4, 0.5) is 0 Å². The minimum absolute atomic E-state index is 1.08. The number of hydrogen-bond acceptors (Lipinski definition) is 2. The summed E-state index contributed by atoms with van der Waals surface area (Å²) in [5, 5.41) is 0. The molecule has 1 aromatic rings. The monoisotopic (exact) mass is 187 g/mol. The Morgan fingerprint density at radius 2 is 2.31 bits per heavy atom. The fourth-order valence-corrected chi connectivity index (χ4v) is 1.86. The predicted octanol–water partition coefficient (Wildman–Crippen LogP) is 3.12. The molecular weight excluding hydrogens is 178 g/mol. The van der Waals surface area contributed by atoms with Crippen LogP contribution in [0, 0.1) is 6.92 Å². The summed E-state index contributed by atoms with van der Waals surface area (Å²) in [6, 6.07) is 2.09. The fraction of sp³-hybridized carbons (Fsp3) is 0.0909. The first kappa shape index (κ1) is 8.24. The van der Waals surface area contributed by atoms with E-state index in [0.717, 1.165) is 5.69 Å². The Balaban J connectivity index is 2.41. The molecule has 0 N–H and O–H groups in total. The summed E-state index contributed by atoms with van der Waals surface area (Å²) in [6.45, 7) is 2.01. The molecule has 2 rings (SSSR count). The molecule has 13 heavy (non-hydrogen) atoms. The smallest absolute Gasteiger partial charge is 0.0558 e. The van der Waals surface area contributed by atoms with Crippen LogP contribution in [0.5, 0.6) is 0 Å². The molecule has 1 aromatic heterocycles. The summed E-state index contributed by atoms with van der Waals surface area (Å²) >= 11 is 1.53. The van der Waals surface area contributed by atoms with Gasteiger partial charge in [-0.2, -0.15) is 4.37 Å². The van der Waals surface area contributed by atoms with Crippen molar-refractivity contribution in [3.63, 3.8) is 0 Å². The first-order chi connectivity index (χ1) is 6.36. The van der Waals surface area contributed by atoms with Crippen LogP contribution in [0.1, 0.15) is 10.6 Å². The molecule has 1 heterocycles. The number of aromatic nitrogens is 1. The van der Waals surface area contributed by atoms with Crippen molar-refractivity contribution in [1.82, 2.24) is 4.37 Å². The van der Waals surface area contributed by atoms with Gasteiger partial charge in [0, 0.05) is 5.57 Å². The van der Waals surface area contributed by atoms with Crippen molar-refractivity contribution in [3.05, 3.63) is 52.7 Å². The third-order valence-electron chi connectivity index (χ3n) is 1.73. The van der Waals surface area contributed by atoms with Crippen molar-refractivity contribution in [2.45, 2.75) is 6.92 Å². The van der Waals surface area contributed by atoms with Gasteiger partial charge in [0.2, 0.25) is 0 Å². The van der Waals surface area contributed by atoms with Crippen molar-refractivity contribution in [2.75, 3.05) is 0 Å². The summed E-state index contributed by atoms with van der Waals surface area (Å²) in [5.74, 6) is 0. The summed E-state index contributed by atoms with van der Waals surface area (Å²) in [4.78, 5) is 1.20. The average molecular weight is 187 g/mol. The van der Waals surface area contributed by atoms with Crippen LogP contribution in [0.25, 0.3) is 5.57 Å². The first-order valence-corrected chi connectivity index (χ1v) is 4.87. The van der Waals surface area contributed by atoms with E-state index >= 15 is 0 Å². The standard InChI is InChI=1S/C11H9NS/c1-9-8-11(13-12-9)10-6-4-2-3-5-7-10/h2-4,6-8H,1H3. The van der Waals surface area contributed by atoms with Gasteiger partial charge in [0.1, 0.15) is 0 Å². The number of aryl methyl sites for hydroxylation is 1. The van der Waals surface area contributed by atoms with Crippen molar-refractivity contribution in [1.29, 1.82) is 0 Å². The van der Waals surface area contributed by atoms with Gasteiger partial charge >= 0.3 is 0 Å². The number of allylic oxidation sites excluding steroid dienone is 5. The van der Waals surface area contributed by atoms with Gasteiger partial charge in [-0.25, -0.2) is 0 Å². The molecule has 0 bridgehead atoms. The van der Waals surface area contributed by atoms with Gasteiger partial charge in [0.05, 0.1) is 10.6 Å². The lowest BCUT2D eigenvalue weighted by Gasteiger charge is -1.91. The van der Waals surface area contributed by atoms with E-state index in [2.05, 4.69) is 22.2 Å². The molecule has 1 aliphatic carbocycles. The van der Waals surface area contributed by atoms with Crippen molar-refractivity contribution in [3.8, 4) is 0 Å². The van der Waals surface area contributed by atoms with Gasteiger partial charge < -0.3 is 0 Å². The largest absolute Gasteiger partial charge is 0.197 e. The molecule has 0 aromatic carbocycles. The normalized spacial score (nSPS) is 14.4. The molecule has 0 atom stereocenters. The van der Waals surface area contributed by atoms with Crippen LogP contribution in [0.3, 0.4) is 0 Å². The molecule has 1 nitrogen and oxygen atoms in total. The SMILES string of the molecule is Cc1cc(C2=CC=CC=C=C2)sn1. The van der Waals surface area contributed by atoms with Crippen LogP contribution in [-0.2, 0) is 0 Å². The quantitative estimate of drug-likeness (QED) is 0.615. The lowest BCUT2D eigenvalue weighted by Crippen LogP contribution is -1.71. The molecule has 0 aliphatic heterocycles. The van der Waals surface area contributed by atoms with E-state index in [-0.39, 0.29) is 0 Å². The van der Waals surface area contributed by atoms with Crippen LogP contribution >= 0.6 is 11.5 Å². The zero-order valence-corrected chi connectivity index (χ0v) is 8.14. The molecule has 0 unspecified atom stereocenters. The number of nitrogens with zero attached hydrogens (tertiary/aromatic N) is 1. The summed E-state index contributed by atoms with van der Waals surface area (Å²) in [7, 11) is 0. The number of rotatable bonds is 1. The summed E-state index contributed by atoms with van der Waals surface area (Å²) in [6.07, 6.45) is 9.94. The second-order valence-electron chi connectivity index (χ2n) is 2.82. The summed E-state index contributed by atoms with van der Waals surface area (Å²) < 4.78 is 4.24. The lowest BCUT2D eigenvalue weighted by atomic mass is 10.2. The van der Waals surface area contributed by atoms with E-state index in [0.29, 0.717) is 0 Å². The average Bonchev–Trinajstić information content (AvgIpc) is 2.43. The van der Waals surface area contributed by atoms with E-state index < -0.39 is 0 Å². The zero-order chi connectivity index (χ0) is 9.10. The highest BCUT2D eigenvalue weighted by Crippen LogP contribution is 2.21. The van der Waals surface area contributed by atoms with Gasteiger partial charge in [0.15, 0.2) is 0 Å². The highest BCUT2D eigenvalue weighted by atomic mass is 32.1. The topological polar surface area (TPSA) is 12.9 Å². The third-order valence-corrected chi connectivity index (χ3v) is 2.66. The molecule has 0 spiro atoms. The van der Waals surface area contributed by atoms with Gasteiger partial charge in [-0.05, 0) is 36.7 Å². The van der Waals surface area contributed by atoms with E-state index in [1.165, 1.54) is 22.0 Å². The Kier molecular flexibility index (Phi) is 2.26. The van der Waals surface area contributed by atoms with E-state index in [4.69, 9.17) is 0 Å². The van der Waals surface area contributed by atoms with E-state index in [1.807, 2.05) is 31.2 Å². The molecule has 64 valence electrons. The maximum Gasteiger partial charge on any atom is 0.0558 e. The molecule has 0 saturated carbocycles. The van der Waals surface area contributed by atoms with Crippen LogP contribution in [0.15, 0.2) is 42.2 Å². The Bertz CT molecular complexity index is 429. The van der Waals surface area contributed by atoms with Gasteiger partial charge in [-0.3, -0.25) is 0 Å². The minimum atomic E-state index is 1.08. The Morgan fingerprint density at radius 3 is 3.08 bits per heavy atom. The van der Waals surface area contributed by atoms with E-state index in [1.54, 1.807) is 0 Å².